The largest absolute Gasteiger partial charge is 0.377 e. The van der Waals surface area contributed by atoms with E-state index in [1.54, 1.807) is 37.5 Å². The highest BCUT2D eigenvalue weighted by Crippen LogP contribution is 2.26. The Bertz CT molecular complexity index is 636. The predicted molar refractivity (Wildman–Crippen MR) is 74.8 cm³/mol. The zero-order valence-electron chi connectivity index (χ0n) is 10.9. The van der Waals surface area contributed by atoms with Crippen LogP contribution < -0.4 is 5.32 Å². The monoisotopic (exact) mass is 279 g/mol. The highest BCUT2D eigenvalue weighted by atomic mass is 32.2. The van der Waals surface area contributed by atoms with Crippen molar-refractivity contribution in [2.45, 2.75) is 24.8 Å². The molecule has 6 heteroatoms. The van der Waals surface area contributed by atoms with Crippen molar-refractivity contribution >= 4 is 15.5 Å². The van der Waals surface area contributed by atoms with Gasteiger partial charge in [0, 0.05) is 11.8 Å². The summed E-state index contributed by atoms with van der Waals surface area (Å²) in [5.74, 6) is 0.0891. The number of aromatic amines is 1. The Labute approximate surface area is 113 Å². The number of aromatic nitrogens is 2. The van der Waals surface area contributed by atoms with E-state index in [1.807, 2.05) is 13.0 Å². The summed E-state index contributed by atoms with van der Waals surface area (Å²) in [4.78, 5) is 0.341. The number of sulfone groups is 1. The fraction of sp³-hybridized carbons (Fsp3) is 0.308. The van der Waals surface area contributed by atoms with Crippen LogP contribution in [0.25, 0.3) is 0 Å². The van der Waals surface area contributed by atoms with Gasteiger partial charge in [-0.15, -0.1) is 0 Å². The number of rotatable bonds is 5. The van der Waals surface area contributed by atoms with Gasteiger partial charge in [-0.1, -0.05) is 19.1 Å². The van der Waals surface area contributed by atoms with Crippen LogP contribution in [-0.4, -0.2) is 24.4 Å². The van der Waals surface area contributed by atoms with E-state index in [2.05, 4.69) is 15.5 Å². The molecule has 0 aliphatic carbocycles. The van der Waals surface area contributed by atoms with E-state index in [0.29, 0.717) is 10.6 Å². The molecule has 1 aromatic heterocycles. The predicted octanol–water partition coefficient (Wildman–Crippen LogP) is 2.38. The molecule has 19 heavy (non-hydrogen) atoms. The van der Waals surface area contributed by atoms with Gasteiger partial charge in [0.1, 0.15) is 0 Å². The first-order valence-corrected chi connectivity index (χ1v) is 7.77. The van der Waals surface area contributed by atoms with Crippen LogP contribution in [0.1, 0.15) is 25.5 Å². The summed E-state index contributed by atoms with van der Waals surface area (Å²) in [6.45, 7) is 3.60. The van der Waals surface area contributed by atoms with Gasteiger partial charge in [-0.25, -0.2) is 8.42 Å². The SMILES string of the molecule is CCS(=O)(=O)c1ccccc1NC(C)c1cn[nH]c1. The molecular weight excluding hydrogens is 262 g/mol. The molecule has 0 aliphatic heterocycles. The molecule has 1 unspecified atom stereocenters. The quantitative estimate of drug-likeness (QED) is 0.881. The molecule has 0 fully saturated rings. The van der Waals surface area contributed by atoms with E-state index in [0.717, 1.165) is 5.56 Å². The van der Waals surface area contributed by atoms with E-state index < -0.39 is 9.84 Å². The fourth-order valence-corrected chi connectivity index (χ4v) is 2.89. The minimum atomic E-state index is -3.23. The van der Waals surface area contributed by atoms with Gasteiger partial charge in [-0.2, -0.15) is 5.10 Å². The van der Waals surface area contributed by atoms with Crippen molar-refractivity contribution in [3.63, 3.8) is 0 Å². The van der Waals surface area contributed by atoms with Gasteiger partial charge in [0.05, 0.1) is 28.6 Å². The van der Waals surface area contributed by atoms with Crippen LogP contribution in [-0.2, 0) is 9.84 Å². The number of anilines is 1. The van der Waals surface area contributed by atoms with E-state index in [9.17, 15) is 8.42 Å². The summed E-state index contributed by atoms with van der Waals surface area (Å²) in [6, 6.07) is 6.93. The molecule has 0 amide bonds. The second-order valence-electron chi connectivity index (χ2n) is 4.30. The summed E-state index contributed by atoms with van der Waals surface area (Å²) in [6.07, 6.45) is 3.50. The normalized spacial score (nSPS) is 13.2. The van der Waals surface area contributed by atoms with E-state index >= 15 is 0 Å². The zero-order valence-corrected chi connectivity index (χ0v) is 11.7. The van der Waals surface area contributed by atoms with E-state index in [1.165, 1.54) is 0 Å². The Morgan fingerprint density at radius 1 is 1.37 bits per heavy atom. The second-order valence-corrected chi connectivity index (χ2v) is 6.54. The minimum absolute atomic E-state index is 0.0213. The lowest BCUT2D eigenvalue weighted by molar-refractivity contribution is 0.597. The molecule has 1 aromatic carbocycles. The molecule has 1 heterocycles. The third kappa shape index (κ3) is 2.96. The molecule has 102 valence electrons. The molecule has 0 bridgehead atoms. The summed E-state index contributed by atoms with van der Waals surface area (Å²) in [5.41, 5.74) is 1.60. The van der Waals surface area contributed by atoms with Crippen LogP contribution in [0.2, 0.25) is 0 Å². The lowest BCUT2D eigenvalue weighted by atomic mass is 10.2. The summed E-state index contributed by atoms with van der Waals surface area (Å²) in [7, 11) is -3.23. The number of H-pyrrole nitrogens is 1. The molecule has 0 saturated carbocycles. The van der Waals surface area contributed by atoms with Crippen molar-refractivity contribution in [2.75, 3.05) is 11.1 Å². The highest BCUT2D eigenvalue weighted by molar-refractivity contribution is 7.91. The van der Waals surface area contributed by atoms with Gasteiger partial charge in [-0.3, -0.25) is 5.10 Å². The van der Waals surface area contributed by atoms with Gasteiger partial charge in [-0.05, 0) is 19.1 Å². The average Bonchev–Trinajstić information content (AvgIpc) is 2.93. The summed E-state index contributed by atoms with van der Waals surface area (Å²) in [5, 5.41) is 9.85. The molecular formula is C13H17N3O2S. The molecule has 2 aromatic rings. The van der Waals surface area contributed by atoms with Crippen LogP contribution in [0.5, 0.6) is 0 Å². The van der Waals surface area contributed by atoms with Crippen LogP contribution in [0.3, 0.4) is 0 Å². The molecule has 2 rings (SSSR count). The maximum Gasteiger partial charge on any atom is 0.180 e. The van der Waals surface area contributed by atoms with Crippen molar-refractivity contribution in [3.05, 3.63) is 42.2 Å². The summed E-state index contributed by atoms with van der Waals surface area (Å²) >= 11 is 0. The molecule has 0 aliphatic rings. The third-order valence-electron chi connectivity index (χ3n) is 2.99. The molecule has 1 atom stereocenters. The molecule has 0 saturated heterocycles. The van der Waals surface area contributed by atoms with Gasteiger partial charge < -0.3 is 5.32 Å². The van der Waals surface area contributed by atoms with E-state index in [-0.39, 0.29) is 11.8 Å². The Balaban J connectivity index is 2.31. The molecule has 2 N–H and O–H groups in total. The Morgan fingerprint density at radius 3 is 2.74 bits per heavy atom. The van der Waals surface area contributed by atoms with Gasteiger partial charge in [0.2, 0.25) is 0 Å². The van der Waals surface area contributed by atoms with Crippen molar-refractivity contribution < 1.29 is 8.42 Å². The lowest BCUT2D eigenvalue weighted by Gasteiger charge is -2.16. The average molecular weight is 279 g/mol. The number of hydrogen-bond acceptors (Lipinski definition) is 4. The Hall–Kier alpha value is -1.82. The van der Waals surface area contributed by atoms with Gasteiger partial charge in [0.25, 0.3) is 0 Å². The topological polar surface area (TPSA) is 74.8 Å². The van der Waals surface area contributed by atoms with Gasteiger partial charge in [0.15, 0.2) is 9.84 Å². The number of nitrogens with zero attached hydrogens (tertiary/aromatic N) is 1. The van der Waals surface area contributed by atoms with Crippen molar-refractivity contribution in [3.8, 4) is 0 Å². The molecule has 0 radical (unpaired) electrons. The Kier molecular flexibility index (Phi) is 3.90. The smallest absolute Gasteiger partial charge is 0.180 e. The van der Waals surface area contributed by atoms with Crippen LogP contribution >= 0.6 is 0 Å². The van der Waals surface area contributed by atoms with Gasteiger partial charge >= 0.3 is 0 Å². The fourth-order valence-electron chi connectivity index (χ4n) is 1.83. The first-order valence-electron chi connectivity index (χ1n) is 6.11. The maximum absolute atomic E-state index is 12.0. The van der Waals surface area contributed by atoms with Crippen LogP contribution in [0.15, 0.2) is 41.6 Å². The second kappa shape index (κ2) is 5.44. The third-order valence-corrected chi connectivity index (χ3v) is 4.78. The summed E-state index contributed by atoms with van der Waals surface area (Å²) < 4.78 is 24.1. The first-order chi connectivity index (χ1) is 9.04. The Morgan fingerprint density at radius 2 is 2.11 bits per heavy atom. The van der Waals surface area contributed by atoms with Crippen LogP contribution in [0.4, 0.5) is 5.69 Å². The van der Waals surface area contributed by atoms with Crippen molar-refractivity contribution in [1.82, 2.24) is 10.2 Å². The van der Waals surface area contributed by atoms with E-state index in [4.69, 9.17) is 0 Å². The van der Waals surface area contributed by atoms with Crippen molar-refractivity contribution in [2.24, 2.45) is 0 Å². The minimum Gasteiger partial charge on any atom is -0.377 e. The number of nitrogens with one attached hydrogen (secondary N) is 2. The number of para-hydroxylation sites is 1. The van der Waals surface area contributed by atoms with Crippen LogP contribution in [0, 0.1) is 0 Å². The number of benzene rings is 1. The lowest BCUT2D eigenvalue weighted by Crippen LogP contribution is -2.11. The molecule has 5 nitrogen and oxygen atoms in total. The standard InChI is InChI=1S/C13H17N3O2S/c1-3-19(17,18)13-7-5-4-6-12(13)16-10(2)11-8-14-15-9-11/h4-10,16H,3H2,1-2H3,(H,14,15). The highest BCUT2D eigenvalue weighted by Gasteiger charge is 2.17. The number of hydrogen-bond donors (Lipinski definition) is 2. The zero-order chi connectivity index (χ0) is 13.9. The first kappa shape index (κ1) is 13.6. The molecule has 0 spiro atoms. The van der Waals surface area contributed by atoms with Crippen molar-refractivity contribution in [1.29, 1.82) is 0 Å². The maximum atomic E-state index is 12.0.